The van der Waals surface area contributed by atoms with Crippen LogP contribution in [0.2, 0.25) is 0 Å². The van der Waals surface area contributed by atoms with Gasteiger partial charge in [-0.1, -0.05) is 18.2 Å². The maximum atomic E-state index is 13.6. The minimum Gasteiger partial charge on any atom is -0.444 e. The van der Waals surface area contributed by atoms with Gasteiger partial charge in [0.05, 0.1) is 6.42 Å². The van der Waals surface area contributed by atoms with Gasteiger partial charge in [-0.15, -0.1) is 0 Å². The molecule has 0 bridgehead atoms. The Kier molecular flexibility index (Phi) is 5.23. The number of piperazine rings is 1. The van der Waals surface area contributed by atoms with E-state index in [4.69, 9.17) is 4.74 Å². The molecule has 0 atom stereocenters. The van der Waals surface area contributed by atoms with Crippen molar-refractivity contribution in [2.24, 2.45) is 0 Å². The Hall–Kier alpha value is -2.11. The van der Waals surface area contributed by atoms with Crippen LogP contribution in [-0.2, 0) is 16.0 Å². The Morgan fingerprint density at radius 3 is 2.22 bits per heavy atom. The average molecular weight is 322 g/mol. The van der Waals surface area contributed by atoms with Gasteiger partial charge in [0, 0.05) is 26.2 Å². The van der Waals surface area contributed by atoms with E-state index in [0.29, 0.717) is 31.7 Å². The van der Waals surface area contributed by atoms with E-state index in [-0.39, 0.29) is 24.2 Å². The van der Waals surface area contributed by atoms with Crippen LogP contribution in [0, 0.1) is 5.82 Å². The van der Waals surface area contributed by atoms with Crippen molar-refractivity contribution < 1.29 is 18.7 Å². The maximum absolute atomic E-state index is 13.6. The lowest BCUT2D eigenvalue weighted by Gasteiger charge is -2.35. The second kappa shape index (κ2) is 6.98. The van der Waals surface area contributed by atoms with Gasteiger partial charge in [-0.2, -0.15) is 0 Å². The van der Waals surface area contributed by atoms with E-state index in [0.717, 1.165) is 0 Å². The summed E-state index contributed by atoms with van der Waals surface area (Å²) in [5.41, 5.74) is -0.137. The molecule has 1 aliphatic rings. The van der Waals surface area contributed by atoms with Crippen molar-refractivity contribution in [1.29, 1.82) is 0 Å². The third-order valence-corrected chi connectivity index (χ3v) is 3.58. The molecule has 2 amide bonds. The smallest absolute Gasteiger partial charge is 0.410 e. The molecule has 0 radical (unpaired) electrons. The van der Waals surface area contributed by atoms with Gasteiger partial charge in [-0.05, 0) is 32.4 Å². The van der Waals surface area contributed by atoms with Crippen molar-refractivity contribution in [2.75, 3.05) is 26.2 Å². The minimum atomic E-state index is -0.533. The van der Waals surface area contributed by atoms with Crippen LogP contribution in [0.5, 0.6) is 0 Å². The van der Waals surface area contributed by atoms with Crippen LogP contribution in [0.1, 0.15) is 26.3 Å². The van der Waals surface area contributed by atoms with Gasteiger partial charge >= 0.3 is 6.09 Å². The molecule has 23 heavy (non-hydrogen) atoms. The van der Waals surface area contributed by atoms with E-state index < -0.39 is 5.60 Å². The highest BCUT2D eigenvalue weighted by atomic mass is 19.1. The van der Waals surface area contributed by atoms with Crippen LogP contribution in [0.3, 0.4) is 0 Å². The van der Waals surface area contributed by atoms with Crippen molar-refractivity contribution in [3.63, 3.8) is 0 Å². The second-order valence-electron chi connectivity index (χ2n) is 6.62. The topological polar surface area (TPSA) is 49.9 Å². The lowest BCUT2D eigenvalue weighted by molar-refractivity contribution is -0.132. The van der Waals surface area contributed by atoms with Crippen LogP contribution >= 0.6 is 0 Å². The zero-order chi connectivity index (χ0) is 17.0. The van der Waals surface area contributed by atoms with Crippen molar-refractivity contribution in [2.45, 2.75) is 32.8 Å². The van der Waals surface area contributed by atoms with Crippen LogP contribution in [0.15, 0.2) is 24.3 Å². The Morgan fingerprint density at radius 2 is 1.65 bits per heavy atom. The molecule has 1 fully saturated rings. The lowest BCUT2D eigenvalue weighted by atomic mass is 10.1. The predicted molar refractivity (Wildman–Crippen MR) is 84.5 cm³/mol. The van der Waals surface area contributed by atoms with Gasteiger partial charge < -0.3 is 14.5 Å². The molecule has 1 heterocycles. The largest absolute Gasteiger partial charge is 0.444 e. The Labute approximate surface area is 136 Å². The quantitative estimate of drug-likeness (QED) is 0.840. The Morgan fingerprint density at radius 1 is 1.09 bits per heavy atom. The number of benzene rings is 1. The molecular weight excluding hydrogens is 299 g/mol. The van der Waals surface area contributed by atoms with Crippen molar-refractivity contribution in [3.8, 4) is 0 Å². The molecule has 1 aliphatic heterocycles. The first-order valence-corrected chi connectivity index (χ1v) is 7.75. The number of rotatable bonds is 2. The Bertz CT molecular complexity index is 575. The summed E-state index contributed by atoms with van der Waals surface area (Å²) in [4.78, 5) is 27.5. The third-order valence-electron chi connectivity index (χ3n) is 3.58. The van der Waals surface area contributed by atoms with Gasteiger partial charge in [-0.3, -0.25) is 4.79 Å². The van der Waals surface area contributed by atoms with Crippen LogP contribution in [0.4, 0.5) is 9.18 Å². The molecule has 0 saturated carbocycles. The van der Waals surface area contributed by atoms with Crippen LogP contribution in [-0.4, -0.2) is 53.6 Å². The predicted octanol–water partition coefficient (Wildman–Crippen LogP) is 2.45. The first-order chi connectivity index (χ1) is 10.8. The molecule has 0 aliphatic carbocycles. The molecule has 6 heteroatoms. The second-order valence-corrected chi connectivity index (χ2v) is 6.62. The molecule has 126 valence electrons. The normalized spacial score (nSPS) is 15.5. The van der Waals surface area contributed by atoms with Crippen LogP contribution in [0.25, 0.3) is 0 Å². The molecule has 0 spiro atoms. The highest BCUT2D eigenvalue weighted by molar-refractivity contribution is 5.79. The first kappa shape index (κ1) is 17.2. The van der Waals surface area contributed by atoms with Gasteiger partial charge in [-0.25, -0.2) is 9.18 Å². The fourth-order valence-electron chi connectivity index (χ4n) is 2.38. The van der Waals surface area contributed by atoms with Gasteiger partial charge in [0.1, 0.15) is 11.4 Å². The monoisotopic (exact) mass is 322 g/mol. The van der Waals surface area contributed by atoms with E-state index in [9.17, 15) is 14.0 Å². The summed E-state index contributed by atoms with van der Waals surface area (Å²) in [6.07, 6.45) is -0.322. The van der Waals surface area contributed by atoms with E-state index in [2.05, 4.69) is 0 Å². The number of ether oxygens (including phenoxy) is 1. The molecule has 0 aromatic heterocycles. The summed E-state index contributed by atoms with van der Waals surface area (Å²) < 4.78 is 18.9. The summed E-state index contributed by atoms with van der Waals surface area (Å²) >= 11 is 0. The molecule has 1 aromatic rings. The maximum Gasteiger partial charge on any atom is 0.410 e. The summed E-state index contributed by atoms with van der Waals surface area (Å²) in [7, 11) is 0. The van der Waals surface area contributed by atoms with Gasteiger partial charge in [0.2, 0.25) is 5.91 Å². The van der Waals surface area contributed by atoms with E-state index in [1.807, 2.05) is 20.8 Å². The minimum absolute atomic E-state index is 0.0408. The SMILES string of the molecule is CC(C)(C)OC(=O)N1CCN(C(=O)Cc2ccccc2F)CC1. The molecule has 1 saturated heterocycles. The van der Waals surface area contributed by atoms with Crippen molar-refractivity contribution in [3.05, 3.63) is 35.6 Å². The van der Waals surface area contributed by atoms with Crippen molar-refractivity contribution in [1.82, 2.24) is 9.80 Å². The average Bonchev–Trinajstić information content (AvgIpc) is 2.48. The number of hydrogen-bond donors (Lipinski definition) is 0. The fourth-order valence-corrected chi connectivity index (χ4v) is 2.38. The number of nitrogens with zero attached hydrogens (tertiary/aromatic N) is 2. The summed E-state index contributed by atoms with van der Waals surface area (Å²) in [6.45, 7) is 7.19. The van der Waals surface area contributed by atoms with Crippen LogP contribution < -0.4 is 0 Å². The third kappa shape index (κ3) is 4.94. The summed E-state index contributed by atoms with van der Waals surface area (Å²) in [6, 6.07) is 6.28. The molecule has 2 rings (SSSR count). The number of carbonyl (C=O) groups excluding carboxylic acids is 2. The molecule has 0 unspecified atom stereocenters. The van der Waals surface area contributed by atoms with Crippen molar-refractivity contribution >= 4 is 12.0 Å². The zero-order valence-electron chi connectivity index (χ0n) is 13.8. The standard InChI is InChI=1S/C17H23FN2O3/c1-17(2,3)23-16(22)20-10-8-19(9-11-20)15(21)12-13-6-4-5-7-14(13)18/h4-7H,8-12H2,1-3H3. The van der Waals surface area contributed by atoms with E-state index >= 15 is 0 Å². The highest BCUT2D eigenvalue weighted by Crippen LogP contribution is 2.13. The highest BCUT2D eigenvalue weighted by Gasteiger charge is 2.27. The fraction of sp³-hybridized carbons (Fsp3) is 0.529. The lowest BCUT2D eigenvalue weighted by Crippen LogP contribution is -2.52. The molecule has 0 N–H and O–H groups in total. The van der Waals surface area contributed by atoms with Gasteiger partial charge in [0.25, 0.3) is 0 Å². The van der Waals surface area contributed by atoms with E-state index in [1.54, 1.807) is 28.0 Å². The summed E-state index contributed by atoms with van der Waals surface area (Å²) in [5, 5.41) is 0. The number of hydrogen-bond acceptors (Lipinski definition) is 3. The van der Waals surface area contributed by atoms with Gasteiger partial charge in [0.15, 0.2) is 0 Å². The Balaban J connectivity index is 1.85. The number of halogens is 1. The molecule has 1 aromatic carbocycles. The number of carbonyl (C=O) groups is 2. The van der Waals surface area contributed by atoms with E-state index in [1.165, 1.54) is 6.07 Å². The number of amides is 2. The molecule has 5 nitrogen and oxygen atoms in total. The first-order valence-electron chi connectivity index (χ1n) is 7.75. The zero-order valence-corrected chi connectivity index (χ0v) is 13.8. The summed E-state index contributed by atoms with van der Waals surface area (Å²) in [5.74, 6) is -0.493. The molecular formula is C17H23FN2O3.